The summed E-state index contributed by atoms with van der Waals surface area (Å²) < 4.78 is 1.67. The fourth-order valence-corrected chi connectivity index (χ4v) is 2.97. The normalized spacial score (nSPS) is 10.9. The summed E-state index contributed by atoms with van der Waals surface area (Å²) >= 11 is 0. The highest BCUT2D eigenvalue weighted by Crippen LogP contribution is 2.34. The van der Waals surface area contributed by atoms with Crippen LogP contribution in [0.2, 0.25) is 0 Å². The van der Waals surface area contributed by atoms with Crippen LogP contribution in [0, 0.1) is 0 Å². The summed E-state index contributed by atoms with van der Waals surface area (Å²) in [6, 6.07) is 15.5. The molecule has 26 heavy (non-hydrogen) atoms. The number of carboxylic acids is 1. The fourth-order valence-electron chi connectivity index (χ4n) is 2.97. The van der Waals surface area contributed by atoms with Crippen molar-refractivity contribution in [2.45, 2.75) is 13.0 Å². The number of nitrogens with zero attached hydrogens (tertiary/aromatic N) is 4. The zero-order chi connectivity index (χ0) is 17.9. The minimum atomic E-state index is -0.851. The highest BCUT2D eigenvalue weighted by atomic mass is 16.4. The minimum absolute atomic E-state index is 0.0138. The molecule has 0 saturated carbocycles. The second kappa shape index (κ2) is 6.76. The molecule has 0 saturated heterocycles. The zero-order valence-electron chi connectivity index (χ0n) is 13.9. The first-order valence-electron chi connectivity index (χ1n) is 8.27. The summed E-state index contributed by atoms with van der Waals surface area (Å²) in [6.45, 7) is 0.304. The number of fused-ring (bicyclic) bond motifs is 1. The lowest BCUT2D eigenvalue weighted by Gasteiger charge is -2.06. The van der Waals surface area contributed by atoms with Crippen molar-refractivity contribution in [3.05, 3.63) is 67.1 Å². The summed E-state index contributed by atoms with van der Waals surface area (Å²) in [5, 5.41) is 14.6. The number of aliphatic carboxylic acids is 1. The number of carboxylic acid groups (broad SMARTS) is 1. The monoisotopic (exact) mass is 344 g/mol. The standard InChI is InChI=1S/C20H16N4O2/c25-19(26)9-12-24-13-16(20(23-24)18-7-3-4-10-21-18)14-8-11-22-17-6-2-1-5-15(14)17/h1-8,10-11,13H,9,12H2,(H,25,26). The van der Waals surface area contributed by atoms with Gasteiger partial charge < -0.3 is 5.11 Å². The maximum Gasteiger partial charge on any atom is 0.305 e. The predicted molar refractivity (Wildman–Crippen MR) is 98.4 cm³/mol. The number of para-hydroxylation sites is 1. The Morgan fingerprint density at radius 2 is 1.81 bits per heavy atom. The van der Waals surface area contributed by atoms with E-state index in [4.69, 9.17) is 5.11 Å². The van der Waals surface area contributed by atoms with Gasteiger partial charge in [0.2, 0.25) is 0 Å². The lowest BCUT2D eigenvalue weighted by atomic mass is 10.0. The molecule has 0 amide bonds. The van der Waals surface area contributed by atoms with Crippen LogP contribution in [0.5, 0.6) is 0 Å². The number of carbonyl (C=O) groups is 1. The van der Waals surface area contributed by atoms with Gasteiger partial charge in [-0.1, -0.05) is 24.3 Å². The Morgan fingerprint density at radius 3 is 2.62 bits per heavy atom. The SMILES string of the molecule is O=C(O)CCn1cc(-c2ccnc3ccccc23)c(-c2ccccn2)n1. The van der Waals surface area contributed by atoms with Gasteiger partial charge in [0.1, 0.15) is 5.69 Å². The Kier molecular flexibility index (Phi) is 4.15. The van der Waals surface area contributed by atoms with Crippen LogP contribution in [0.1, 0.15) is 6.42 Å². The van der Waals surface area contributed by atoms with E-state index in [1.165, 1.54) is 0 Å². The van der Waals surface area contributed by atoms with Crippen molar-refractivity contribution < 1.29 is 9.90 Å². The van der Waals surface area contributed by atoms with Gasteiger partial charge in [-0.25, -0.2) is 0 Å². The molecule has 0 aliphatic heterocycles. The molecule has 0 bridgehead atoms. The number of aromatic nitrogens is 4. The molecule has 6 nitrogen and oxygen atoms in total. The number of hydrogen-bond donors (Lipinski definition) is 1. The summed E-state index contributed by atoms with van der Waals surface area (Å²) in [4.78, 5) is 19.7. The van der Waals surface area contributed by atoms with Gasteiger partial charge in [-0.05, 0) is 29.8 Å². The molecule has 0 atom stereocenters. The fraction of sp³-hybridized carbons (Fsp3) is 0.100. The molecule has 128 valence electrons. The number of hydrogen-bond acceptors (Lipinski definition) is 4. The molecule has 0 spiro atoms. The third-order valence-electron chi connectivity index (χ3n) is 4.16. The van der Waals surface area contributed by atoms with Gasteiger partial charge in [0, 0.05) is 29.5 Å². The number of aryl methyl sites for hydroxylation is 1. The molecule has 0 fully saturated rings. The van der Waals surface area contributed by atoms with Crippen LogP contribution in [0.4, 0.5) is 0 Å². The van der Waals surface area contributed by atoms with E-state index < -0.39 is 5.97 Å². The Labute approximate surface area is 149 Å². The van der Waals surface area contributed by atoms with Crippen LogP contribution < -0.4 is 0 Å². The molecular weight excluding hydrogens is 328 g/mol. The maximum atomic E-state index is 10.9. The van der Waals surface area contributed by atoms with E-state index in [0.29, 0.717) is 6.54 Å². The Hall–Kier alpha value is -3.54. The molecule has 4 aromatic rings. The van der Waals surface area contributed by atoms with Gasteiger partial charge in [0.05, 0.1) is 24.2 Å². The van der Waals surface area contributed by atoms with Gasteiger partial charge in [0.15, 0.2) is 0 Å². The summed E-state index contributed by atoms with van der Waals surface area (Å²) in [5.41, 5.74) is 4.28. The summed E-state index contributed by atoms with van der Waals surface area (Å²) in [7, 11) is 0. The zero-order valence-corrected chi connectivity index (χ0v) is 13.9. The molecule has 0 radical (unpaired) electrons. The first kappa shape index (κ1) is 16.0. The average Bonchev–Trinajstić information content (AvgIpc) is 3.11. The second-order valence-electron chi connectivity index (χ2n) is 5.89. The van der Waals surface area contributed by atoms with Crippen molar-refractivity contribution in [2.75, 3.05) is 0 Å². The largest absolute Gasteiger partial charge is 0.481 e. The highest BCUT2D eigenvalue weighted by Gasteiger charge is 2.16. The Balaban J connectivity index is 1.90. The van der Waals surface area contributed by atoms with E-state index in [9.17, 15) is 4.79 Å². The molecule has 0 aliphatic carbocycles. The smallest absolute Gasteiger partial charge is 0.305 e. The van der Waals surface area contributed by atoms with Crippen molar-refractivity contribution in [1.82, 2.24) is 19.7 Å². The Morgan fingerprint density at radius 1 is 0.962 bits per heavy atom. The molecule has 1 N–H and O–H groups in total. The molecule has 3 heterocycles. The number of pyridine rings is 2. The maximum absolute atomic E-state index is 10.9. The summed E-state index contributed by atoms with van der Waals surface area (Å²) in [6.07, 6.45) is 5.39. The van der Waals surface area contributed by atoms with Crippen molar-refractivity contribution in [3.63, 3.8) is 0 Å². The topological polar surface area (TPSA) is 80.9 Å². The van der Waals surface area contributed by atoms with E-state index in [-0.39, 0.29) is 6.42 Å². The van der Waals surface area contributed by atoms with Crippen LogP contribution in [-0.4, -0.2) is 30.8 Å². The Bertz CT molecular complexity index is 1070. The molecule has 0 aliphatic rings. The van der Waals surface area contributed by atoms with Gasteiger partial charge in [-0.3, -0.25) is 19.4 Å². The number of benzene rings is 1. The third kappa shape index (κ3) is 3.04. The lowest BCUT2D eigenvalue weighted by Crippen LogP contribution is -2.04. The molecule has 4 rings (SSSR count). The van der Waals surface area contributed by atoms with E-state index >= 15 is 0 Å². The molecular formula is C20H16N4O2. The molecule has 1 aromatic carbocycles. The van der Waals surface area contributed by atoms with E-state index in [0.717, 1.165) is 33.4 Å². The van der Waals surface area contributed by atoms with E-state index in [1.54, 1.807) is 17.1 Å². The first-order valence-corrected chi connectivity index (χ1v) is 8.27. The highest BCUT2D eigenvalue weighted by molar-refractivity contribution is 5.97. The first-order chi connectivity index (χ1) is 12.7. The molecule has 6 heteroatoms. The summed E-state index contributed by atoms with van der Waals surface area (Å²) in [5.74, 6) is -0.851. The van der Waals surface area contributed by atoms with Gasteiger partial charge in [-0.2, -0.15) is 5.10 Å². The predicted octanol–water partition coefficient (Wildman–Crippen LogP) is 3.64. The van der Waals surface area contributed by atoms with Crippen molar-refractivity contribution >= 4 is 16.9 Å². The van der Waals surface area contributed by atoms with Crippen LogP contribution in [-0.2, 0) is 11.3 Å². The van der Waals surface area contributed by atoms with Crippen LogP contribution in [0.25, 0.3) is 33.4 Å². The van der Waals surface area contributed by atoms with Crippen molar-refractivity contribution in [2.24, 2.45) is 0 Å². The number of rotatable bonds is 5. The van der Waals surface area contributed by atoms with Crippen molar-refractivity contribution in [1.29, 1.82) is 0 Å². The van der Waals surface area contributed by atoms with E-state index in [2.05, 4.69) is 15.1 Å². The van der Waals surface area contributed by atoms with Crippen molar-refractivity contribution in [3.8, 4) is 22.5 Å². The average molecular weight is 344 g/mol. The van der Waals surface area contributed by atoms with Crippen LogP contribution in [0.3, 0.4) is 0 Å². The quantitative estimate of drug-likeness (QED) is 0.598. The second-order valence-corrected chi connectivity index (χ2v) is 5.89. The minimum Gasteiger partial charge on any atom is -0.481 e. The van der Waals surface area contributed by atoms with Gasteiger partial charge >= 0.3 is 5.97 Å². The lowest BCUT2D eigenvalue weighted by molar-refractivity contribution is -0.137. The van der Waals surface area contributed by atoms with Gasteiger partial charge in [-0.15, -0.1) is 0 Å². The van der Waals surface area contributed by atoms with Crippen LogP contribution >= 0.6 is 0 Å². The third-order valence-corrected chi connectivity index (χ3v) is 4.16. The van der Waals surface area contributed by atoms with Gasteiger partial charge in [0.25, 0.3) is 0 Å². The molecule has 0 unspecified atom stereocenters. The van der Waals surface area contributed by atoms with Crippen LogP contribution in [0.15, 0.2) is 67.1 Å². The molecule has 3 aromatic heterocycles. The van der Waals surface area contributed by atoms with E-state index in [1.807, 2.05) is 54.7 Å².